The molecule has 1 aliphatic carbocycles. The highest BCUT2D eigenvalue weighted by Gasteiger charge is 2.46. The van der Waals surface area contributed by atoms with E-state index in [2.05, 4.69) is 4.98 Å². The van der Waals surface area contributed by atoms with Crippen molar-refractivity contribution in [3.05, 3.63) is 95.7 Å². The molecule has 0 unspecified atom stereocenters. The Labute approximate surface area is 194 Å². The van der Waals surface area contributed by atoms with Crippen LogP contribution < -0.4 is 0 Å². The quantitative estimate of drug-likeness (QED) is 0.347. The van der Waals surface area contributed by atoms with Gasteiger partial charge in [0.2, 0.25) is 0 Å². The minimum absolute atomic E-state index is 0.0463. The molecule has 0 spiro atoms. The lowest BCUT2D eigenvalue weighted by molar-refractivity contribution is -0.135. The Hall–Kier alpha value is -4.39. The maximum absolute atomic E-state index is 13.0. The standard InChI is InChI=1S/C27H20N2O5/c30-25-24(13-16-14-28-23-12-6-5-7-17(16)23)29(27(32)34-25)26(31)33-15-22-20-10-3-1-8-18(20)19-9-2-4-11-21(19)22/h1-12,14,22,24,28H,13,15H2/t24-/m0/s1. The van der Waals surface area contributed by atoms with Gasteiger partial charge >= 0.3 is 18.2 Å². The largest absolute Gasteiger partial charge is 0.448 e. The molecule has 7 heteroatoms. The Morgan fingerprint density at radius 2 is 1.56 bits per heavy atom. The van der Waals surface area contributed by atoms with Gasteiger partial charge in [-0.3, -0.25) is 0 Å². The number of hydrogen-bond donors (Lipinski definition) is 1. The van der Waals surface area contributed by atoms with Crippen LogP contribution in [-0.2, 0) is 20.7 Å². The number of carbonyl (C=O) groups excluding carboxylic acids is 3. The van der Waals surface area contributed by atoms with E-state index in [1.165, 1.54) is 0 Å². The first-order valence-electron chi connectivity index (χ1n) is 11.1. The topological polar surface area (TPSA) is 88.7 Å². The average molecular weight is 452 g/mol. The highest BCUT2D eigenvalue weighted by atomic mass is 16.6. The maximum Gasteiger partial charge on any atom is 0.427 e. The summed E-state index contributed by atoms with van der Waals surface area (Å²) in [5.41, 5.74) is 6.05. The molecule has 0 radical (unpaired) electrons. The van der Waals surface area contributed by atoms with Gasteiger partial charge in [0, 0.05) is 29.4 Å². The van der Waals surface area contributed by atoms with Gasteiger partial charge in [-0.1, -0.05) is 66.7 Å². The van der Waals surface area contributed by atoms with Crippen LogP contribution in [0.3, 0.4) is 0 Å². The second-order valence-corrected chi connectivity index (χ2v) is 8.44. The summed E-state index contributed by atoms with van der Waals surface area (Å²) in [6.45, 7) is 0.0463. The SMILES string of the molecule is O=C1OC(=O)N(C(=O)OCC2c3ccccc3-c3ccccc32)[C@H]1Cc1c[nH]c2ccccc12. The molecule has 1 saturated heterocycles. The lowest BCUT2D eigenvalue weighted by Gasteiger charge is -2.20. The van der Waals surface area contributed by atoms with E-state index < -0.39 is 24.2 Å². The number of amides is 2. The maximum atomic E-state index is 13.0. The fourth-order valence-corrected chi connectivity index (χ4v) is 4.98. The molecule has 1 aromatic heterocycles. The van der Waals surface area contributed by atoms with Gasteiger partial charge in [-0.05, 0) is 33.9 Å². The van der Waals surface area contributed by atoms with Crippen molar-refractivity contribution in [2.45, 2.75) is 18.4 Å². The fourth-order valence-electron chi connectivity index (χ4n) is 4.98. The number of imide groups is 1. The first-order valence-corrected chi connectivity index (χ1v) is 11.1. The Morgan fingerprint density at radius 3 is 2.29 bits per heavy atom. The van der Waals surface area contributed by atoms with Crippen molar-refractivity contribution in [2.75, 3.05) is 6.61 Å². The van der Waals surface area contributed by atoms with Gasteiger partial charge in [0.1, 0.15) is 12.6 Å². The van der Waals surface area contributed by atoms with Crippen LogP contribution in [0.15, 0.2) is 79.0 Å². The zero-order valence-electron chi connectivity index (χ0n) is 18.1. The van der Waals surface area contributed by atoms with Crippen molar-refractivity contribution in [3.8, 4) is 11.1 Å². The summed E-state index contributed by atoms with van der Waals surface area (Å²) in [6, 6.07) is 22.5. The van der Waals surface area contributed by atoms with Gasteiger partial charge < -0.3 is 14.5 Å². The van der Waals surface area contributed by atoms with Crippen LogP contribution in [0.5, 0.6) is 0 Å². The molecule has 0 saturated carbocycles. The second kappa shape index (κ2) is 7.88. The Balaban J connectivity index is 1.23. The van der Waals surface area contributed by atoms with Crippen LogP contribution in [0.2, 0.25) is 0 Å². The summed E-state index contributed by atoms with van der Waals surface area (Å²) < 4.78 is 10.4. The Bertz CT molecular complexity index is 1410. The third-order valence-electron chi connectivity index (χ3n) is 6.59. The van der Waals surface area contributed by atoms with Crippen LogP contribution in [0.4, 0.5) is 9.59 Å². The van der Waals surface area contributed by atoms with Gasteiger partial charge in [0.25, 0.3) is 0 Å². The first kappa shape index (κ1) is 20.2. The number of para-hydroxylation sites is 1. The van der Waals surface area contributed by atoms with E-state index in [0.717, 1.165) is 43.6 Å². The van der Waals surface area contributed by atoms with Gasteiger partial charge in [0.05, 0.1) is 0 Å². The summed E-state index contributed by atoms with van der Waals surface area (Å²) in [5, 5.41) is 0.919. The molecule has 1 fully saturated rings. The number of carbonyl (C=O) groups is 3. The fraction of sp³-hybridized carbons (Fsp3) is 0.148. The Morgan fingerprint density at radius 1 is 0.912 bits per heavy atom. The van der Waals surface area contributed by atoms with Gasteiger partial charge in [-0.25, -0.2) is 14.4 Å². The number of hydrogen-bond acceptors (Lipinski definition) is 5. The van der Waals surface area contributed by atoms with Crippen LogP contribution in [0, 0.1) is 0 Å². The molecule has 4 aromatic rings. The number of H-pyrrole nitrogens is 1. The van der Waals surface area contributed by atoms with Crippen molar-refractivity contribution in [1.29, 1.82) is 0 Å². The molecule has 3 aromatic carbocycles. The number of benzene rings is 3. The number of fused-ring (bicyclic) bond motifs is 4. The summed E-state index contributed by atoms with van der Waals surface area (Å²) in [7, 11) is 0. The van der Waals surface area contributed by atoms with Crippen molar-refractivity contribution >= 4 is 29.1 Å². The third kappa shape index (κ3) is 3.16. The molecule has 2 amide bonds. The van der Waals surface area contributed by atoms with Crippen molar-refractivity contribution in [3.63, 3.8) is 0 Å². The molecular formula is C27H20N2O5. The summed E-state index contributed by atoms with van der Waals surface area (Å²) in [5.74, 6) is -0.915. The Kier molecular flexibility index (Phi) is 4.69. The number of aromatic amines is 1. The lowest BCUT2D eigenvalue weighted by atomic mass is 9.98. The van der Waals surface area contributed by atoms with E-state index in [-0.39, 0.29) is 18.9 Å². The van der Waals surface area contributed by atoms with Gasteiger partial charge in [-0.2, -0.15) is 4.90 Å². The van der Waals surface area contributed by atoms with E-state index in [4.69, 9.17) is 9.47 Å². The number of cyclic esters (lactones) is 2. The van der Waals surface area contributed by atoms with Crippen LogP contribution in [-0.4, -0.2) is 40.7 Å². The van der Waals surface area contributed by atoms with Crippen molar-refractivity contribution in [2.24, 2.45) is 0 Å². The molecule has 6 rings (SSSR count). The zero-order valence-corrected chi connectivity index (χ0v) is 18.1. The lowest BCUT2D eigenvalue weighted by Crippen LogP contribution is -2.42. The molecule has 1 aliphatic heterocycles. The molecule has 7 nitrogen and oxygen atoms in total. The van der Waals surface area contributed by atoms with Gasteiger partial charge in [0.15, 0.2) is 0 Å². The first-order chi connectivity index (χ1) is 16.6. The molecule has 0 bridgehead atoms. The number of ether oxygens (including phenoxy) is 2. The number of rotatable bonds is 4. The summed E-state index contributed by atoms with van der Waals surface area (Å²) >= 11 is 0. The van der Waals surface area contributed by atoms with E-state index in [1.807, 2.05) is 72.8 Å². The minimum Gasteiger partial charge on any atom is -0.448 e. The number of nitrogens with zero attached hydrogens (tertiary/aromatic N) is 1. The van der Waals surface area contributed by atoms with Crippen LogP contribution in [0.1, 0.15) is 22.6 Å². The number of aromatic nitrogens is 1. The van der Waals surface area contributed by atoms with Crippen LogP contribution >= 0.6 is 0 Å². The van der Waals surface area contributed by atoms with E-state index in [9.17, 15) is 14.4 Å². The normalized spacial score (nSPS) is 17.1. The number of esters is 1. The highest BCUT2D eigenvalue weighted by molar-refractivity contribution is 6.04. The smallest absolute Gasteiger partial charge is 0.427 e. The van der Waals surface area contributed by atoms with Crippen molar-refractivity contribution < 1.29 is 23.9 Å². The van der Waals surface area contributed by atoms with Crippen LogP contribution in [0.25, 0.3) is 22.0 Å². The molecule has 1 atom stereocenters. The highest BCUT2D eigenvalue weighted by Crippen LogP contribution is 2.44. The molecular weight excluding hydrogens is 432 g/mol. The predicted molar refractivity (Wildman–Crippen MR) is 124 cm³/mol. The minimum atomic E-state index is -1.08. The van der Waals surface area contributed by atoms with E-state index in [0.29, 0.717) is 0 Å². The number of nitrogens with one attached hydrogen (secondary N) is 1. The molecule has 2 heterocycles. The second-order valence-electron chi connectivity index (χ2n) is 8.44. The molecule has 168 valence electrons. The predicted octanol–water partition coefficient (Wildman–Crippen LogP) is 5.01. The van der Waals surface area contributed by atoms with E-state index in [1.54, 1.807) is 6.20 Å². The monoisotopic (exact) mass is 452 g/mol. The zero-order chi connectivity index (χ0) is 23.2. The molecule has 1 N–H and O–H groups in total. The molecule has 34 heavy (non-hydrogen) atoms. The van der Waals surface area contributed by atoms with Gasteiger partial charge in [-0.15, -0.1) is 0 Å². The average Bonchev–Trinajstić information content (AvgIpc) is 3.50. The summed E-state index contributed by atoms with van der Waals surface area (Å²) in [4.78, 5) is 41.8. The van der Waals surface area contributed by atoms with E-state index >= 15 is 0 Å². The third-order valence-corrected chi connectivity index (χ3v) is 6.59. The van der Waals surface area contributed by atoms with Crippen molar-refractivity contribution in [1.82, 2.24) is 9.88 Å². The summed E-state index contributed by atoms with van der Waals surface area (Å²) in [6.07, 6.45) is 0.0183. The molecule has 2 aliphatic rings.